The molecule has 0 fully saturated rings. The third kappa shape index (κ3) is 6.90. The van der Waals surface area contributed by atoms with Crippen LogP contribution in [0.15, 0.2) is 0 Å². The molecule has 0 aliphatic heterocycles. The molecule has 3 N–H and O–H groups in total. The molecule has 0 aliphatic rings. The van der Waals surface area contributed by atoms with Crippen LogP contribution in [0.4, 0.5) is 0 Å². The fraction of sp³-hybridized carbons (Fsp3) is 0.889. The zero-order valence-corrected chi connectivity index (χ0v) is 9.49. The number of nitrogens with two attached hydrogens (primary N) is 1. The maximum absolute atomic E-state index is 11.0. The van der Waals surface area contributed by atoms with Crippen molar-refractivity contribution in [1.29, 1.82) is 0 Å². The minimum absolute atomic E-state index is 0.184. The van der Waals surface area contributed by atoms with E-state index in [-0.39, 0.29) is 11.9 Å². The summed E-state index contributed by atoms with van der Waals surface area (Å²) in [6.07, 6.45) is 1.14. The Morgan fingerprint density at radius 1 is 1.54 bits per heavy atom. The van der Waals surface area contributed by atoms with E-state index in [1.54, 1.807) is 11.8 Å². The zero-order valence-electron chi connectivity index (χ0n) is 8.67. The van der Waals surface area contributed by atoms with Gasteiger partial charge in [-0.2, -0.15) is 11.8 Å². The molecule has 0 radical (unpaired) electrons. The molecule has 1 amide bonds. The number of hydrogen-bond acceptors (Lipinski definition) is 3. The van der Waals surface area contributed by atoms with E-state index >= 15 is 0 Å². The molecule has 78 valence electrons. The van der Waals surface area contributed by atoms with Crippen molar-refractivity contribution >= 4 is 17.7 Å². The lowest BCUT2D eigenvalue weighted by atomic mass is 10.3. The lowest BCUT2D eigenvalue weighted by Gasteiger charge is -2.17. The predicted octanol–water partition coefficient (Wildman–Crippen LogP) is 0.981. The molecule has 1 unspecified atom stereocenters. The van der Waals surface area contributed by atoms with Crippen LogP contribution >= 0.6 is 11.8 Å². The monoisotopic (exact) mass is 204 g/mol. The summed E-state index contributed by atoms with van der Waals surface area (Å²) in [5.41, 5.74) is 5.25. The lowest BCUT2D eigenvalue weighted by Crippen LogP contribution is -2.46. The van der Waals surface area contributed by atoms with Crippen LogP contribution in [-0.2, 0) is 4.79 Å². The molecule has 0 aliphatic carbocycles. The third-order valence-electron chi connectivity index (χ3n) is 1.51. The maximum Gasteiger partial charge on any atom is 0.235 e. The van der Waals surface area contributed by atoms with E-state index in [1.807, 2.05) is 13.8 Å². The van der Waals surface area contributed by atoms with Crippen LogP contribution in [0.2, 0.25) is 0 Å². The Morgan fingerprint density at radius 2 is 2.15 bits per heavy atom. The molecule has 0 spiro atoms. The number of rotatable bonds is 7. The first-order valence-electron chi connectivity index (χ1n) is 4.71. The number of amides is 1. The average Bonchev–Trinajstić information content (AvgIpc) is 2.02. The Labute approximate surface area is 84.8 Å². The van der Waals surface area contributed by atoms with Crippen molar-refractivity contribution in [3.63, 3.8) is 0 Å². The number of primary amides is 1. The second-order valence-corrected chi connectivity index (χ2v) is 4.50. The summed E-state index contributed by atoms with van der Waals surface area (Å²) in [5.74, 6) is 1.61. The number of carbonyl (C=O) groups is 1. The first kappa shape index (κ1) is 12.8. The van der Waals surface area contributed by atoms with Crippen molar-refractivity contribution in [2.24, 2.45) is 5.73 Å². The second-order valence-electron chi connectivity index (χ2n) is 3.35. The van der Waals surface area contributed by atoms with Crippen LogP contribution in [0, 0.1) is 0 Å². The van der Waals surface area contributed by atoms with Gasteiger partial charge < -0.3 is 11.1 Å². The summed E-state index contributed by atoms with van der Waals surface area (Å²) in [6.45, 7) is 6.16. The van der Waals surface area contributed by atoms with Crippen molar-refractivity contribution in [1.82, 2.24) is 5.32 Å². The lowest BCUT2D eigenvalue weighted by molar-refractivity contribution is -0.119. The Bertz CT molecular complexity index is 151. The number of thioether (sulfide) groups is 1. The highest BCUT2D eigenvalue weighted by atomic mass is 32.2. The highest BCUT2D eigenvalue weighted by Crippen LogP contribution is 2.04. The minimum Gasteiger partial charge on any atom is -0.368 e. The summed E-state index contributed by atoms with van der Waals surface area (Å²) in [6, 6.07) is 0.122. The number of nitrogens with one attached hydrogen (secondary N) is 1. The van der Waals surface area contributed by atoms with E-state index < -0.39 is 0 Å². The van der Waals surface area contributed by atoms with Gasteiger partial charge in [0.25, 0.3) is 0 Å². The zero-order chi connectivity index (χ0) is 10.3. The molecular formula is C9H20N2OS. The molecule has 1 atom stereocenters. The van der Waals surface area contributed by atoms with Crippen LogP contribution in [0.5, 0.6) is 0 Å². The molecule has 0 aromatic rings. The summed E-state index contributed by atoms with van der Waals surface area (Å²) in [5, 5.41) is 3.14. The summed E-state index contributed by atoms with van der Waals surface area (Å²) >= 11 is 1.77. The molecule has 0 aromatic carbocycles. The Balaban J connectivity index is 3.74. The number of carbonyl (C=O) groups excluding carboxylic acids is 1. The molecule has 3 nitrogen and oxygen atoms in total. The molecule has 0 saturated carbocycles. The number of hydrogen-bond donors (Lipinski definition) is 2. The van der Waals surface area contributed by atoms with E-state index in [9.17, 15) is 4.79 Å². The molecule has 0 saturated heterocycles. The second kappa shape index (κ2) is 7.21. The summed E-state index contributed by atoms with van der Waals surface area (Å²) in [4.78, 5) is 11.0. The largest absolute Gasteiger partial charge is 0.368 e. The van der Waals surface area contributed by atoms with Gasteiger partial charge in [-0.3, -0.25) is 4.79 Å². The van der Waals surface area contributed by atoms with Crippen molar-refractivity contribution in [2.75, 3.05) is 11.5 Å². The minimum atomic E-state index is -0.252. The van der Waals surface area contributed by atoms with E-state index in [2.05, 4.69) is 12.2 Å². The smallest absolute Gasteiger partial charge is 0.235 e. The third-order valence-corrected chi connectivity index (χ3v) is 2.78. The van der Waals surface area contributed by atoms with Gasteiger partial charge in [0.2, 0.25) is 5.91 Å². The van der Waals surface area contributed by atoms with Gasteiger partial charge in [0.15, 0.2) is 0 Å². The van der Waals surface area contributed by atoms with Crippen LogP contribution in [0.3, 0.4) is 0 Å². The SMILES string of the molecule is CCCSCC(NC(C)C)C(N)=O. The van der Waals surface area contributed by atoms with Gasteiger partial charge in [-0.1, -0.05) is 20.8 Å². The Hall–Kier alpha value is -0.220. The quantitative estimate of drug-likeness (QED) is 0.608. The van der Waals surface area contributed by atoms with Crippen LogP contribution in [0.1, 0.15) is 27.2 Å². The highest BCUT2D eigenvalue weighted by Gasteiger charge is 2.15. The fourth-order valence-corrected chi connectivity index (χ4v) is 1.91. The molecule has 0 aromatic heterocycles. The standard InChI is InChI=1S/C9H20N2OS/c1-4-5-13-6-8(9(10)12)11-7(2)3/h7-8,11H,4-6H2,1-3H3,(H2,10,12). The average molecular weight is 204 g/mol. The molecule has 13 heavy (non-hydrogen) atoms. The van der Waals surface area contributed by atoms with Crippen LogP contribution in [-0.4, -0.2) is 29.5 Å². The molecular weight excluding hydrogens is 184 g/mol. The molecule has 4 heteroatoms. The van der Waals surface area contributed by atoms with Crippen molar-refractivity contribution < 1.29 is 4.79 Å². The predicted molar refractivity (Wildman–Crippen MR) is 58.9 cm³/mol. The van der Waals surface area contributed by atoms with Crippen molar-refractivity contribution in [2.45, 2.75) is 39.3 Å². The van der Waals surface area contributed by atoms with E-state index in [1.165, 1.54) is 0 Å². The van der Waals surface area contributed by atoms with Crippen LogP contribution < -0.4 is 11.1 Å². The molecule has 0 rings (SSSR count). The normalized spacial score (nSPS) is 13.2. The maximum atomic E-state index is 11.0. The van der Waals surface area contributed by atoms with Gasteiger partial charge in [0.05, 0.1) is 6.04 Å². The first-order valence-corrected chi connectivity index (χ1v) is 5.86. The topological polar surface area (TPSA) is 55.1 Å². The van der Waals surface area contributed by atoms with Gasteiger partial charge in [-0.05, 0) is 12.2 Å². The van der Waals surface area contributed by atoms with E-state index in [0.29, 0.717) is 6.04 Å². The fourth-order valence-electron chi connectivity index (χ4n) is 0.960. The molecule has 0 heterocycles. The Morgan fingerprint density at radius 3 is 2.54 bits per heavy atom. The summed E-state index contributed by atoms with van der Waals surface area (Å²) in [7, 11) is 0. The van der Waals surface area contributed by atoms with Crippen molar-refractivity contribution in [3.8, 4) is 0 Å². The summed E-state index contributed by atoms with van der Waals surface area (Å²) < 4.78 is 0. The van der Waals surface area contributed by atoms with Gasteiger partial charge in [-0.15, -0.1) is 0 Å². The van der Waals surface area contributed by atoms with E-state index in [4.69, 9.17) is 5.73 Å². The van der Waals surface area contributed by atoms with Gasteiger partial charge >= 0.3 is 0 Å². The van der Waals surface area contributed by atoms with Crippen molar-refractivity contribution in [3.05, 3.63) is 0 Å². The molecule has 0 bridgehead atoms. The highest BCUT2D eigenvalue weighted by molar-refractivity contribution is 7.99. The van der Waals surface area contributed by atoms with Crippen LogP contribution in [0.25, 0.3) is 0 Å². The van der Waals surface area contributed by atoms with Gasteiger partial charge in [-0.25, -0.2) is 0 Å². The van der Waals surface area contributed by atoms with Gasteiger partial charge in [0.1, 0.15) is 0 Å². The Kier molecular flexibility index (Phi) is 7.09. The first-order chi connectivity index (χ1) is 6.07. The van der Waals surface area contributed by atoms with Gasteiger partial charge in [0, 0.05) is 11.8 Å². The van der Waals surface area contributed by atoms with E-state index in [0.717, 1.165) is 17.9 Å².